The third kappa shape index (κ3) is 38.9. The fourth-order valence-corrected chi connectivity index (χ4v) is 5.93. The molecule has 4 heteroatoms. The molecule has 0 bridgehead atoms. The summed E-state index contributed by atoms with van der Waals surface area (Å²) >= 11 is 0. The van der Waals surface area contributed by atoms with Crippen LogP contribution in [0.5, 0.6) is 0 Å². The summed E-state index contributed by atoms with van der Waals surface area (Å²) in [5, 5.41) is 9.58. The van der Waals surface area contributed by atoms with Gasteiger partial charge in [-0.3, -0.25) is 4.79 Å². The van der Waals surface area contributed by atoms with Crippen LogP contribution in [0.2, 0.25) is 0 Å². The van der Waals surface area contributed by atoms with Gasteiger partial charge in [0.05, 0.1) is 13.2 Å². The van der Waals surface area contributed by atoms with Crippen molar-refractivity contribution in [2.75, 3.05) is 19.8 Å². The molecule has 0 fully saturated rings. The number of carbonyl (C=O) groups excluding carboxylic acids is 1. The SMILES string of the molecule is CC/C=C\C/C=C\C/C=C\CCCCCCCC(=O)OC(CO)COCCCCCCCCCCCCCCCCCCCCCC. The van der Waals surface area contributed by atoms with E-state index in [0.717, 1.165) is 51.4 Å². The van der Waals surface area contributed by atoms with E-state index in [1.165, 1.54) is 135 Å². The zero-order valence-electron chi connectivity index (χ0n) is 31.5. The van der Waals surface area contributed by atoms with Crippen LogP contribution in [0.15, 0.2) is 36.5 Å². The van der Waals surface area contributed by atoms with Gasteiger partial charge in [-0.05, 0) is 44.9 Å². The lowest BCUT2D eigenvalue weighted by Crippen LogP contribution is -2.27. The molecule has 0 heterocycles. The Morgan fingerprint density at radius 1 is 0.532 bits per heavy atom. The van der Waals surface area contributed by atoms with Gasteiger partial charge in [0, 0.05) is 13.0 Å². The first kappa shape index (κ1) is 45.6. The van der Waals surface area contributed by atoms with Crippen LogP contribution in [0.4, 0.5) is 0 Å². The number of hydrogen-bond donors (Lipinski definition) is 1. The van der Waals surface area contributed by atoms with Crippen molar-refractivity contribution in [3.05, 3.63) is 36.5 Å². The Kier molecular flexibility index (Phi) is 39.6. The van der Waals surface area contributed by atoms with E-state index in [4.69, 9.17) is 9.47 Å². The maximum Gasteiger partial charge on any atom is 0.306 e. The number of aliphatic hydroxyl groups is 1. The number of rotatable bonds is 38. The smallest absolute Gasteiger partial charge is 0.306 e. The van der Waals surface area contributed by atoms with Crippen molar-refractivity contribution >= 4 is 5.97 Å². The summed E-state index contributed by atoms with van der Waals surface area (Å²) in [4.78, 5) is 12.2. The first-order chi connectivity index (χ1) is 23.2. The second kappa shape index (κ2) is 40.8. The van der Waals surface area contributed by atoms with E-state index in [1.807, 2.05) is 0 Å². The second-order valence-corrected chi connectivity index (χ2v) is 13.7. The van der Waals surface area contributed by atoms with Gasteiger partial charge in [-0.15, -0.1) is 0 Å². The average molecular weight is 661 g/mol. The molecule has 0 aromatic rings. The zero-order chi connectivity index (χ0) is 34.1. The molecule has 0 aliphatic rings. The van der Waals surface area contributed by atoms with Crippen molar-refractivity contribution in [2.45, 2.75) is 213 Å². The average Bonchev–Trinajstić information content (AvgIpc) is 3.08. The monoisotopic (exact) mass is 661 g/mol. The van der Waals surface area contributed by atoms with Crippen LogP contribution in [0.1, 0.15) is 206 Å². The summed E-state index contributed by atoms with van der Waals surface area (Å²) in [5.74, 6) is -0.215. The second-order valence-electron chi connectivity index (χ2n) is 13.7. The van der Waals surface area contributed by atoms with Crippen LogP contribution in [-0.2, 0) is 14.3 Å². The maximum absolute atomic E-state index is 12.2. The molecule has 1 atom stereocenters. The molecule has 0 aliphatic heterocycles. The summed E-state index contributed by atoms with van der Waals surface area (Å²) in [7, 11) is 0. The van der Waals surface area contributed by atoms with Crippen molar-refractivity contribution in [2.24, 2.45) is 0 Å². The highest BCUT2D eigenvalue weighted by Crippen LogP contribution is 2.15. The molecule has 47 heavy (non-hydrogen) atoms. The van der Waals surface area contributed by atoms with E-state index in [0.29, 0.717) is 19.6 Å². The Balaban J connectivity index is 3.41. The summed E-state index contributed by atoms with van der Waals surface area (Å²) in [6.45, 7) is 5.24. The Morgan fingerprint density at radius 2 is 0.957 bits per heavy atom. The molecular weight excluding hydrogens is 580 g/mol. The van der Waals surface area contributed by atoms with E-state index < -0.39 is 6.10 Å². The van der Waals surface area contributed by atoms with E-state index in [1.54, 1.807) is 0 Å². The molecule has 276 valence electrons. The summed E-state index contributed by atoms with van der Waals surface area (Å²) in [6.07, 6.45) is 50.6. The first-order valence-corrected chi connectivity index (χ1v) is 20.6. The van der Waals surface area contributed by atoms with E-state index in [9.17, 15) is 9.90 Å². The molecule has 0 rings (SSSR count). The van der Waals surface area contributed by atoms with E-state index in [-0.39, 0.29) is 12.6 Å². The molecule has 0 aromatic heterocycles. The summed E-state index contributed by atoms with van der Waals surface area (Å²) in [6, 6.07) is 0. The van der Waals surface area contributed by atoms with Crippen LogP contribution in [0.25, 0.3) is 0 Å². The minimum atomic E-state index is -0.540. The van der Waals surface area contributed by atoms with Crippen LogP contribution in [0, 0.1) is 0 Å². The van der Waals surface area contributed by atoms with Gasteiger partial charge in [-0.1, -0.05) is 192 Å². The molecule has 0 radical (unpaired) electrons. The molecule has 0 amide bonds. The molecule has 1 N–H and O–H groups in total. The quantitative estimate of drug-likeness (QED) is 0.0407. The third-order valence-corrected chi connectivity index (χ3v) is 8.98. The fraction of sp³-hybridized carbons (Fsp3) is 0.837. The van der Waals surface area contributed by atoms with Crippen LogP contribution in [-0.4, -0.2) is 37.0 Å². The predicted octanol–water partition coefficient (Wildman–Crippen LogP) is 13.3. The number of unbranched alkanes of at least 4 members (excludes halogenated alkanes) is 24. The lowest BCUT2D eigenvalue weighted by molar-refractivity contribution is -0.154. The summed E-state index contributed by atoms with van der Waals surface area (Å²) in [5.41, 5.74) is 0. The highest BCUT2D eigenvalue weighted by Gasteiger charge is 2.13. The third-order valence-electron chi connectivity index (χ3n) is 8.98. The van der Waals surface area contributed by atoms with E-state index in [2.05, 4.69) is 50.3 Å². The normalized spacial score (nSPS) is 12.7. The minimum Gasteiger partial charge on any atom is -0.457 e. The van der Waals surface area contributed by atoms with Crippen molar-refractivity contribution in [1.29, 1.82) is 0 Å². The summed E-state index contributed by atoms with van der Waals surface area (Å²) < 4.78 is 11.1. The van der Waals surface area contributed by atoms with Crippen LogP contribution in [0.3, 0.4) is 0 Å². The highest BCUT2D eigenvalue weighted by atomic mass is 16.6. The number of allylic oxidation sites excluding steroid dienone is 6. The lowest BCUT2D eigenvalue weighted by atomic mass is 10.0. The Bertz CT molecular complexity index is 698. The van der Waals surface area contributed by atoms with Gasteiger partial charge in [-0.25, -0.2) is 0 Å². The number of aliphatic hydroxyl groups excluding tert-OH is 1. The predicted molar refractivity (Wildman–Crippen MR) is 205 cm³/mol. The standard InChI is InChI=1S/C43H80O4/c1-3-5-7-9-11-13-15-17-19-20-21-22-23-25-27-29-31-33-35-37-39-46-41-42(40-44)47-43(45)38-36-34-32-30-28-26-24-18-16-14-12-10-8-6-4-2/h6,8,12,14,18,24,42,44H,3-5,7,9-11,13,15-17,19-23,25-41H2,1-2H3/b8-6-,14-12-,24-18-. The fourth-order valence-electron chi connectivity index (χ4n) is 5.93. The first-order valence-electron chi connectivity index (χ1n) is 20.6. The van der Waals surface area contributed by atoms with Gasteiger partial charge < -0.3 is 14.6 Å². The molecule has 0 spiro atoms. The van der Waals surface area contributed by atoms with Gasteiger partial charge in [-0.2, -0.15) is 0 Å². The molecule has 0 aliphatic carbocycles. The van der Waals surface area contributed by atoms with Gasteiger partial charge in [0.2, 0.25) is 0 Å². The van der Waals surface area contributed by atoms with Crippen molar-refractivity contribution in [1.82, 2.24) is 0 Å². The minimum absolute atomic E-state index is 0.176. The van der Waals surface area contributed by atoms with Crippen LogP contribution < -0.4 is 0 Å². The van der Waals surface area contributed by atoms with Crippen molar-refractivity contribution in [3.8, 4) is 0 Å². The number of hydrogen-bond acceptors (Lipinski definition) is 4. The van der Waals surface area contributed by atoms with Crippen molar-refractivity contribution < 1.29 is 19.4 Å². The topological polar surface area (TPSA) is 55.8 Å². The maximum atomic E-state index is 12.2. The largest absolute Gasteiger partial charge is 0.457 e. The number of esters is 1. The number of ether oxygens (including phenoxy) is 2. The molecule has 0 saturated carbocycles. The van der Waals surface area contributed by atoms with Crippen LogP contribution >= 0.6 is 0 Å². The lowest BCUT2D eigenvalue weighted by Gasteiger charge is -2.15. The molecular formula is C43H80O4. The van der Waals surface area contributed by atoms with E-state index >= 15 is 0 Å². The molecule has 0 saturated heterocycles. The Labute approximate surface area is 293 Å². The van der Waals surface area contributed by atoms with Crippen molar-refractivity contribution in [3.63, 3.8) is 0 Å². The number of carbonyl (C=O) groups is 1. The van der Waals surface area contributed by atoms with Gasteiger partial charge in [0.15, 0.2) is 0 Å². The Hall–Kier alpha value is -1.39. The molecule has 4 nitrogen and oxygen atoms in total. The Morgan fingerprint density at radius 3 is 1.45 bits per heavy atom. The van der Waals surface area contributed by atoms with Gasteiger partial charge >= 0.3 is 5.97 Å². The van der Waals surface area contributed by atoms with Gasteiger partial charge in [0.25, 0.3) is 0 Å². The molecule has 0 aromatic carbocycles. The molecule has 1 unspecified atom stereocenters. The highest BCUT2D eigenvalue weighted by molar-refractivity contribution is 5.69. The zero-order valence-corrected chi connectivity index (χ0v) is 31.5. The van der Waals surface area contributed by atoms with Gasteiger partial charge in [0.1, 0.15) is 6.10 Å².